The average molecular weight is 305 g/mol. The van der Waals surface area contributed by atoms with E-state index in [9.17, 15) is 13.2 Å². The van der Waals surface area contributed by atoms with Crippen molar-refractivity contribution in [3.05, 3.63) is 34.3 Å². The number of halogens is 3. The molecule has 0 spiro atoms. The summed E-state index contributed by atoms with van der Waals surface area (Å²) >= 11 is 2.59. The number of rotatable bonds is 3. The summed E-state index contributed by atoms with van der Waals surface area (Å²) in [6, 6.07) is 3.83. The molecule has 1 heterocycles. The van der Waals surface area contributed by atoms with E-state index in [1.165, 1.54) is 35.2 Å². The molecule has 8 heteroatoms. The number of hydrogen-bond donors (Lipinski definition) is 1. The molecule has 0 saturated carbocycles. The van der Waals surface area contributed by atoms with Crippen LogP contribution in [-0.2, 0) is 11.9 Å². The molecule has 1 aromatic carbocycles. The van der Waals surface area contributed by atoms with E-state index in [0.29, 0.717) is 4.34 Å². The van der Waals surface area contributed by atoms with E-state index in [2.05, 4.69) is 10.2 Å². The van der Waals surface area contributed by atoms with Crippen LogP contribution in [0.5, 0.6) is 0 Å². The minimum Gasteiger partial charge on any atom is -0.399 e. The Morgan fingerprint density at radius 2 is 2.05 bits per heavy atom. The maximum atomic E-state index is 12.9. The van der Waals surface area contributed by atoms with Crippen molar-refractivity contribution < 1.29 is 13.2 Å². The fraction of sp³-hybridized carbons (Fsp3) is 0.273. The normalized spacial score (nSPS) is 11.8. The van der Waals surface area contributed by atoms with Crippen molar-refractivity contribution in [2.45, 2.75) is 23.2 Å². The maximum Gasteiger partial charge on any atom is 0.416 e. The van der Waals surface area contributed by atoms with Crippen LogP contribution in [0.2, 0.25) is 0 Å². The fourth-order valence-corrected chi connectivity index (χ4v) is 3.28. The van der Waals surface area contributed by atoms with Gasteiger partial charge in [0.1, 0.15) is 5.01 Å². The molecule has 102 valence electrons. The van der Waals surface area contributed by atoms with Gasteiger partial charge in [0.15, 0.2) is 4.34 Å². The number of nitrogen functional groups attached to an aromatic ring is 1. The van der Waals surface area contributed by atoms with Crippen LogP contribution in [-0.4, -0.2) is 10.2 Å². The summed E-state index contributed by atoms with van der Waals surface area (Å²) < 4.78 is 39.3. The number of hydrogen-bond acceptors (Lipinski definition) is 5. The molecule has 0 aliphatic carbocycles. The zero-order chi connectivity index (χ0) is 14.0. The van der Waals surface area contributed by atoms with Gasteiger partial charge in [-0.1, -0.05) is 29.2 Å². The molecule has 0 aliphatic heterocycles. The lowest BCUT2D eigenvalue weighted by Crippen LogP contribution is -2.09. The number of aryl methyl sites for hydroxylation is 1. The number of thioether (sulfide) groups is 1. The molecule has 0 saturated heterocycles. The van der Waals surface area contributed by atoms with Crippen LogP contribution in [0, 0.1) is 6.92 Å². The van der Waals surface area contributed by atoms with E-state index in [-0.39, 0.29) is 17.0 Å². The molecule has 0 unspecified atom stereocenters. The monoisotopic (exact) mass is 305 g/mol. The Morgan fingerprint density at radius 3 is 2.63 bits per heavy atom. The Morgan fingerprint density at radius 1 is 1.32 bits per heavy atom. The zero-order valence-corrected chi connectivity index (χ0v) is 11.5. The van der Waals surface area contributed by atoms with Gasteiger partial charge in [0.25, 0.3) is 0 Å². The molecule has 0 radical (unpaired) electrons. The van der Waals surface area contributed by atoms with E-state index < -0.39 is 11.7 Å². The Hall–Kier alpha value is -1.28. The highest BCUT2D eigenvalue weighted by molar-refractivity contribution is 8.00. The largest absolute Gasteiger partial charge is 0.416 e. The van der Waals surface area contributed by atoms with Gasteiger partial charge < -0.3 is 5.73 Å². The first kappa shape index (κ1) is 14.1. The van der Waals surface area contributed by atoms with Crippen molar-refractivity contribution in [1.29, 1.82) is 0 Å². The summed E-state index contributed by atoms with van der Waals surface area (Å²) in [5.41, 5.74) is 5.01. The van der Waals surface area contributed by atoms with E-state index >= 15 is 0 Å². The molecule has 0 fully saturated rings. The standard InChI is InChI=1S/C11H10F3N3S2/c1-6-16-17-10(19-6)18-5-7-2-3-8(15)4-9(7)11(12,13)14/h2-4H,5,15H2,1H3. The van der Waals surface area contributed by atoms with Gasteiger partial charge in [-0.2, -0.15) is 13.2 Å². The van der Waals surface area contributed by atoms with Crippen molar-refractivity contribution in [2.24, 2.45) is 0 Å². The number of aromatic nitrogens is 2. The molecule has 19 heavy (non-hydrogen) atoms. The number of benzene rings is 1. The van der Waals surface area contributed by atoms with Crippen molar-refractivity contribution in [2.75, 3.05) is 5.73 Å². The minimum absolute atomic E-state index is 0.104. The SMILES string of the molecule is Cc1nnc(SCc2ccc(N)cc2C(F)(F)F)s1. The fourth-order valence-electron chi connectivity index (χ4n) is 1.46. The number of anilines is 1. The quantitative estimate of drug-likeness (QED) is 0.693. The predicted molar refractivity (Wildman–Crippen MR) is 70.1 cm³/mol. The zero-order valence-electron chi connectivity index (χ0n) is 9.86. The van der Waals surface area contributed by atoms with Crippen LogP contribution < -0.4 is 5.73 Å². The van der Waals surface area contributed by atoms with Gasteiger partial charge in [0.05, 0.1) is 5.56 Å². The van der Waals surface area contributed by atoms with Crippen molar-refractivity contribution >= 4 is 28.8 Å². The number of alkyl halides is 3. The van der Waals surface area contributed by atoms with Gasteiger partial charge in [-0.05, 0) is 24.6 Å². The Bertz CT molecular complexity index is 581. The molecule has 2 aromatic rings. The summed E-state index contributed by atoms with van der Waals surface area (Å²) in [6.45, 7) is 1.80. The third kappa shape index (κ3) is 3.60. The van der Waals surface area contributed by atoms with Crippen LogP contribution in [0.15, 0.2) is 22.5 Å². The first-order valence-corrected chi connectivity index (χ1v) is 7.05. The van der Waals surface area contributed by atoms with Gasteiger partial charge in [0.2, 0.25) is 0 Å². The van der Waals surface area contributed by atoms with E-state index in [0.717, 1.165) is 11.1 Å². The summed E-state index contributed by atoms with van der Waals surface area (Å²) in [5, 5.41) is 8.47. The van der Waals surface area contributed by atoms with Gasteiger partial charge in [-0.15, -0.1) is 10.2 Å². The molecule has 0 bridgehead atoms. The molecule has 1 aromatic heterocycles. The van der Waals surface area contributed by atoms with Gasteiger partial charge >= 0.3 is 6.18 Å². The van der Waals surface area contributed by atoms with Crippen molar-refractivity contribution in [3.63, 3.8) is 0 Å². The lowest BCUT2D eigenvalue weighted by Gasteiger charge is -2.12. The maximum absolute atomic E-state index is 12.9. The van der Waals surface area contributed by atoms with Crippen LogP contribution >= 0.6 is 23.1 Å². The molecule has 0 amide bonds. The second-order valence-electron chi connectivity index (χ2n) is 3.79. The first-order valence-electron chi connectivity index (χ1n) is 5.25. The second kappa shape index (κ2) is 5.38. The lowest BCUT2D eigenvalue weighted by molar-refractivity contribution is -0.138. The van der Waals surface area contributed by atoms with Gasteiger partial charge in [-0.25, -0.2) is 0 Å². The molecular weight excluding hydrogens is 295 g/mol. The smallest absolute Gasteiger partial charge is 0.399 e. The number of nitrogens with zero attached hydrogens (tertiary/aromatic N) is 2. The summed E-state index contributed by atoms with van der Waals surface area (Å²) in [4.78, 5) is 0. The first-order chi connectivity index (χ1) is 8.86. The highest BCUT2D eigenvalue weighted by atomic mass is 32.2. The third-order valence-electron chi connectivity index (χ3n) is 2.30. The van der Waals surface area contributed by atoms with Gasteiger partial charge in [-0.3, -0.25) is 0 Å². The summed E-state index contributed by atoms with van der Waals surface area (Å²) in [7, 11) is 0. The van der Waals surface area contributed by atoms with Crippen molar-refractivity contribution in [1.82, 2.24) is 10.2 Å². The number of nitrogens with two attached hydrogens (primary N) is 1. The Kier molecular flexibility index (Phi) is 4.00. The molecule has 0 aliphatic rings. The highest BCUT2D eigenvalue weighted by Gasteiger charge is 2.33. The molecule has 2 rings (SSSR count). The van der Waals surface area contributed by atoms with Crippen molar-refractivity contribution in [3.8, 4) is 0 Å². The molecule has 2 N–H and O–H groups in total. The summed E-state index contributed by atoms with van der Waals surface area (Å²) in [6.07, 6.45) is -4.40. The topological polar surface area (TPSA) is 51.8 Å². The molecule has 0 atom stereocenters. The average Bonchev–Trinajstić information content (AvgIpc) is 2.72. The van der Waals surface area contributed by atoms with Crippen LogP contribution in [0.1, 0.15) is 16.1 Å². The molecule has 3 nitrogen and oxygen atoms in total. The van der Waals surface area contributed by atoms with Gasteiger partial charge in [0, 0.05) is 11.4 Å². The highest BCUT2D eigenvalue weighted by Crippen LogP contribution is 2.36. The van der Waals surface area contributed by atoms with Crippen LogP contribution in [0.25, 0.3) is 0 Å². The van der Waals surface area contributed by atoms with E-state index in [4.69, 9.17) is 5.73 Å². The minimum atomic E-state index is -4.40. The van der Waals surface area contributed by atoms with E-state index in [1.54, 1.807) is 6.92 Å². The third-order valence-corrected chi connectivity index (χ3v) is 4.32. The second-order valence-corrected chi connectivity index (χ2v) is 6.19. The Balaban J connectivity index is 2.20. The predicted octanol–water partition coefficient (Wildman–Crippen LogP) is 3.74. The lowest BCUT2D eigenvalue weighted by atomic mass is 10.1. The van der Waals surface area contributed by atoms with Crippen LogP contribution in [0.4, 0.5) is 18.9 Å². The van der Waals surface area contributed by atoms with Crippen LogP contribution in [0.3, 0.4) is 0 Å². The van der Waals surface area contributed by atoms with E-state index in [1.807, 2.05) is 0 Å². The summed E-state index contributed by atoms with van der Waals surface area (Å²) in [5.74, 6) is 0.184. The Labute approximate surface area is 116 Å². The molecular formula is C11H10F3N3S2.